The first-order chi connectivity index (χ1) is 15.3. The number of amides is 2. The number of rotatable bonds is 7. The van der Waals surface area contributed by atoms with Crippen molar-refractivity contribution >= 4 is 40.8 Å². The Labute approximate surface area is 188 Å². The highest BCUT2D eigenvalue weighted by atomic mass is 32.1. The molecule has 1 unspecified atom stereocenters. The summed E-state index contributed by atoms with van der Waals surface area (Å²) in [7, 11) is 2.84. The lowest BCUT2D eigenvalue weighted by Gasteiger charge is -2.22. The van der Waals surface area contributed by atoms with Crippen molar-refractivity contribution in [3.63, 3.8) is 0 Å². The Balaban J connectivity index is 1.50. The molecule has 1 N–H and O–H groups in total. The summed E-state index contributed by atoms with van der Waals surface area (Å²) in [5, 5.41) is 18.6. The smallest absolute Gasteiger partial charge is 0.337 e. The molecule has 1 aromatic carbocycles. The monoisotopic (exact) mass is 459 g/mol. The number of carbonyl (C=O) groups excluding carboxylic acids is 3. The Kier molecular flexibility index (Phi) is 5.78. The van der Waals surface area contributed by atoms with E-state index in [9.17, 15) is 19.5 Å². The van der Waals surface area contributed by atoms with Crippen LogP contribution in [0.4, 0.5) is 5.69 Å². The first kappa shape index (κ1) is 21.7. The number of methoxy groups -OCH3 is 1. The third-order valence-corrected chi connectivity index (χ3v) is 5.85. The average Bonchev–Trinajstić information content (AvgIpc) is 3.52. The standard InChI is InChI=1S/C20H21N5O6S/c1-23-15(19(29)31-22-23)10-24-14(17(27)25(20(24)32)13-7-8-13)9-16(26)21-12-5-3-11(4-6-12)18(28)30-2/h3-6,13-14H,7-10H2,1-2H3,(H-,21,22,26,28,29). The highest BCUT2D eigenvalue weighted by Crippen LogP contribution is 2.34. The maximum Gasteiger partial charge on any atom is 0.337 e. The minimum absolute atomic E-state index is 0.00159. The van der Waals surface area contributed by atoms with Gasteiger partial charge in [-0.25, -0.2) is 4.79 Å². The van der Waals surface area contributed by atoms with Gasteiger partial charge in [0.1, 0.15) is 12.6 Å². The third-order valence-electron chi connectivity index (χ3n) is 5.42. The van der Waals surface area contributed by atoms with Gasteiger partial charge in [0.15, 0.2) is 18.1 Å². The van der Waals surface area contributed by atoms with Crippen LogP contribution in [0.5, 0.6) is 5.95 Å². The summed E-state index contributed by atoms with van der Waals surface area (Å²) in [6, 6.07) is 5.37. The van der Waals surface area contributed by atoms with E-state index in [2.05, 4.69) is 19.8 Å². The second-order valence-electron chi connectivity index (χ2n) is 7.62. The van der Waals surface area contributed by atoms with Gasteiger partial charge < -0.3 is 24.6 Å². The molecular weight excluding hydrogens is 438 g/mol. The normalized spacial score (nSPS) is 18.2. The molecule has 1 aromatic heterocycles. The Morgan fingerprint density at radius 3 is 2.59 bits per heavy atom. The van der Waals surface area contributed by atoms with Crippen molar-refractivity contribution < 1.29 is 33.4 Å². The van der Waals surface area contributed by atoms with Crippen LogP contribution in [0.1, 0.15) is 35.3 Å². The van der Waals surface area contributed by atoms with Crippen LogP contribution in [-0.2, 0) is 27.9 Å². The van der Waals surface area contributed by atoms with Gasteiger partial charge in [0.2, 0.25) is 5.91 Å². The molecule has 1 aliphatic carbocycles. The largest absolute Gasteiger partial charge is 0.539 e. The molecule has 0 spiro atoms. The number of hydrogen-bond acceptors (Lipinski definition) is 8. The van der Waals surface area contributed by atoms with Gasteiger partial charge in [-0.2, -0.15) is 0 Å². The van der Waals surface area contributed by atoms with Crippen LogP contribution in [0.2, 0.25) is 0 Å². The van der Waals surface area contributed by atoms with E-state index in [4.69, 9.17) is 12.2 Å². The third kappa shape index (κ3) is 4.13. The first-order valence-electron chi connectivity index (χ1n) is 9.94. The summed E-state index contributed by atoms with van der Waals surface area (Å²) in [5.41, 5.74) is 1.04. The quantitative estimate of drug-likeness (QED) is 0.341. The average molecular weight is 459 g/mol. The van der Waals surface area contributed by atoms with Gasteiger partial charge in [-0.05, 0) is 49.3 Å². The summed E-state index contributed by atoms with van der Waals surface area (Å²) in [6.07, 6.45) is 1.53. The second kappa shape index (κ2) is 8.54. The number of anilines is 1. The Morgan fingerprint density at radius 1 is 1.34 bits per heavy atom. The summed E-state index contributed by atoms with van der Waals surface area (Å²) in [6.45, 7) is -0.00159. The number of ether oxygens (including phenoxy) is 1. The number of aromatic nitrogens is 2. The van der Waals surface area contributed by atoms with Gasteiger partial charge in [0.25, 0.3) is 11.6 Å². The predicted molar refractivity (Wildman–Crippen MR) is 110 cm³/mol. The van der Waals surface area contributed by atoms with Crippen LogP contribution >= 0.6 is 12.2 Å². The van der Waals surface area contributed by atoms with E-state index in [0.29, 0.717) is 16.4 Å². The minimum atomic E-state index is -0.855. The number of benzene rings is 1. The van der Waals surface area contributed by atoms with Crippen molar-refractivity contribution in [2.24, 2.45) is 7.05 Å². The lowest BCUT2D eigenvalue weighted by Crippen LogP contribution is -2.42. The highest BCUT2D eigenvalue weighted by Gasteiger charge is 2.49. The van der Waals surface area contributed by atoms with Crippen LogP contribution in [0.3, 0.4) is 0 Å². The van der Waals surface area contributed by atoms with Crippen LogP contribution in [0, 0.1) is 0 Å². The van der Waals surface area contributed by atoms with Gasteiger partial charge in [0.05, 0.1) is 24.4 Å². The molecule has 1 saturated carbocycles. The fraction of sp³-hybridized carbons (Fsp3) is 0.400. The van der Waals surface area contributed by atoms with Crippen LogP contribution in [0.25, 0.3) is 0 Å². The molecule has 1 saturated heterocycles. The zero-order chi connectivity index (χ0) is 23.0. The van der Waals surface area contributed by atoms with Crippen molar-refractivity contribution in [3.05, 3.63) is 35.5 Å². The topological polar surface area (TPSA) is 132 Å². The van der Waals surface area contributed by atoms with E-state index in [0.717, 1.165) is 12.8 Å². The summed E-state index contributed by atoms with van der Waals surface area (Å²) < 4.78 is 10.6. The lowest BCUT2D eigenvalue weighted by molar-refractivity contribution is -0.746. The van der Waals surface area contributed by atoms with E-state index < -0.39 is 23.9 Å². The lowest BCUT2D eigenvalue weighted by atomic mass is 10.1. The SMILES string of the molecule is COC(=O)c1ccc(NC(=O)CC2C(=O)N(C3CC3)C(=S)N2Cc2c([O-])on[n+]2C)cc1. The molecule has 4 rings (SSSR count). The summed E-state index contributed by atoms with van der Waals surface area (Å²) in [4.78, 5) is 40.5. The number of nitrogens with one attached hydrogen (secondary N) is 1. The minimum Gasteiger partial charge on any atom is -0.539 e. The summed E-state index contributed by atoms with van der Waals surface area (Å²) in [5.74, 6) is -1.78. The molecule has 168 valence electrons. The molecule has 2 heterocycles. The van der Waals surface area contributed by atoms with Crippen LogP contribution in [-0.4, -0.2) is 57.2 Å². The number of hydrogen-bond donors (Lipinski definition) is 1. The van der Waals surface area contributed by atoms with Crippen molar-refractivity contribution in [1.82, 2.24) is 15.1 Å². The van der Waals surface area contributed by atoms with Gasteiger partial charge in [-0.3, -0.25) is 14.5 Å². The Bertz CT molecular complexity index is 1060. The number of carbonyl (C=O) groups is 3. The molecule has 2 amide bonds. The molecule has 1 aliphatic heterocycles. The fourth-order valence-corrected chi connectivity index (χ4v) is 3.99. The van der Waals surface area contributed by atoms with E-state index in [1.165, 1.54) is 28.8 Å². The first-order valence-corrected chi connectivity index (χ1v) is 10.3. The summed E-state index contributed by atoms with van der Waals surface area (Å²) >= 11 is 5.52. The molecular formula is C20H21N5O6S. The maximum absolute atomic E-state index is 13.1. The molecule has 2 aromatic rings. The van der Waals surface area contributed by atoms with E-state index in [1.54, 1.807) is 24.1 Å². The van der Waals surface area contributed by atoms with Crippen LogP contribution in [0.15, 0.2) is 28.8 Å². The zero-order valence-corrected chi connectivity index (χ0v) is 18.3. The second-order valence-corrected chi connectivity index (χ2v) is 7.98. The molecule has 0 radical (unpaired) electrons. The predicted octanol–water partition coefficient (Wildman–Crippen LogP) is -0.152. The molecule has 12 heteroatoms. The van der Waals surface area contributed by atoms with Crippen molar-refractivity contribution in [3.8, 4) is 5.95 Å². The number of nitrogens with zero attached hydrogens (tertiary/aromatic N) is 4. The number of esters is 1. The van der Waals surface area contributed by atoms with E-state index >= 15 is 0 Å². The fourth-order valence-electron chi connectivity index (χ4n) is 3.56. The van der Waals surface area contributed by atoms with E-state index in [-0.39, 0.29) is 30.6 Å². The van der Waals surface area contributed by atoms with Gasteiger partial charge in [-0.15, -0.1) is 0 Å². The molecule has 2 fully saturated rings. The van der Waals surface area contributed by atoms with Crippen molar-refractivity contribution in [2.75, 3.05) is 12.4 Å². The maximum atomic E-state index is 13.1. The van der Waals surface area contributed by atoms with Gasteiger partial charge in [-0.1, -0.05) is 4.68 Å². The molecule has 11 nitrogen and oxygen atoms in total. The molecule has 32 heavy (non-hydrogen) atoms. The van der Waals surface area contributed by atoms with Crippen LogP contribution < -0.4 is 15.1 Å². The van der Waals surface area contributed by atoms with Gasteiger partial charge in [0, 0.05) is 11.7 Å². The number of thiocarbonyl (C=S) groups is 1. The Morgan fingerprint density at radius 2 is 2.03 bits per heavy atom. The zero-order valence-electron chi connectivity index (χ0n) is 17.4. The van der Waals surface area contributed by atoms with Crippen molar-refractivity contribution in [2.45, 2.75) is 37.9 Å². The Hall–Kier alpha value is -3.54. The van der Waals surface area contributed by atoms with E-state index in [1.807, 2.05) is 0 Å². The molecule has 2 aliphatic rings. The molecule has 0 bridgehead atoms. The highest BCUT2D eigenvalue weighted by molar-refractivity contribution is 7.80. The van der Waals surface area contributed by atoms with Crippen molar-refractivity contribution in [1.29, 1.82) is 0 Å². The number of aryl methyl sites for hydroxylation is 1. The van der Waals surface area contributed by atoms with Gasteiger partial charge >= 0.3 is 5.97 Å². The molecule has 1 atom stereocenters.